The molecule has 0 unspecified atom stereocenters. The lowest BCUT2D eigenvalue weighted by molar-refractivity contribution is -0.118. The van der Waals surface area contributed by atoms with Gasteiger partial charge in [-0.2, -0.15) is 0 Å². The van der Waals surface area contributed by atoms with Crippen molar-refractivity contribution in [2.45, 2.75) is 24.2 Å². The summed E-state index contributed by atoms with van der Waals surface area (Å²) in [6.45, 7) is 1.07. The zero-order valence-corrected chi connectivity index (χ0v) is 13.5. The number of carbonyl (C=O) groups excluding carboxylic acids is 1. The number of hydrogen-bond acceptors (Lipinski definition) is 4. The number of nitrogens with two attached hydrogens (primary N) is 1. The van der Waals surface area contributed by atoms with Crippen LogP contribution < -0.4 is 15.4 Å². The molecule has 8 heteroatoms. The Morgan fingerprint density at radius 3 is 2.76 bits per heavy atom. The molecule has 0 saturated heterocycles. The van der Waals surface area contributed by atoms with Crippen LogP contribution in [-0.4, -0.2) is 34.5 Å². The molecule has 0 atom stereocenters. The highest BCUT2D eigenvalue weighted by Crippen LogP contribution is 2.31. The van der Waals surface area contributed by atoms with E-state index in [9.17, 15) is 13.2 Å². The third-order valence-electron chi connectivity index (χ3n) is 3.43. The fourth-order valence-corrected chi connectivity index (χ4v) is 3.04. The Bertz CT molecular complexity index is 619. The molecular formula is C13H20ClN3O3S. The minimum atomic E-state index is -3.49. The highest BCUT2D eigenvalue weighted by molar-refractivity contribution is 7.89. The predicted molar refractivity (Wildman–Crippen MR) is 84.3 cm³/mol. The average molecular weight is 334 g/mol. The second-order valence-corrected chi connectivity index (χ2v) is 6.57. The highest BCUT2D eigenvalue weighted by atomic mass is 35.5. The van der Waals surface area contributed by atoms with E-state index in [2.05, 4.69) is 4.72 Å². The van der Waals surface area contributed by atoms with E-state index in [1.54, 1.807) is 23.1 Å². The molecule has 0 saturated carbocycles. The van der Waals surface area contributed by atoms with E-state index in [0.717, 1.165) is 12.0 Å². The van der Waals surface area contributed by atoms with E-state index in [1.165, 1.54) is 7.05 Å². The predicted octanol–water partition coefficient (Wildman–Crippen LogP) is 0.644. The molecule has 0 bridgehead atoms. The average Bonchev–Trinajstić information content (AvgIpc) is 2.87. The van der Waals surface area contributed by atoms with E-state index in [0.29, 0.717) is 31.6 Å². The molecule has 0 radical (unpaired) electrons. The summed E-state index contributed by atoms with van der Waals surface area (Å²) in [5, 5.41) is 0. The van der Waals surface area contributed by atoms with Crippen molar-refractivity contribution in [1.29, 1.82) is 0 Å². The second-order valence-electron chi connectivity index (χ2n) is 4.69. The Morgan fingerprint density at radius 2 is 2.14 bits per heavy atom. The third-order valence-corrected chi connectivity index (χ3v) is 4.84. The number of hydrogen-bond donors (Lipinski definition) is 2. The number of nitrogens with one attached hydrogen (secondary N) is 1. The number of halogens is 1. The van der Waals surface area contributed by atoms with Crippen LogP contribution in [0.5, 0.6) is 0 Å². The van der Waals surface area contributed by atoms with E-state index in [-0.39, 0.29) is 23.2 Å². The Morgan fingerprint density at radius 1 is 1.43 bits per heavy atom. The van der Waals surface area contributed by atoms with Crippen LogP contribution in [0.15, 0.2) is 23.1 Å². The molecule has 0 spiro atoms. The molecule has 3 N–H and O–H groups in total. The van der Waals surface area contributed by atoms with Gasteiger partial charge in [-0.05, 0) is 44.1 Å². The summed E-state index contributed by atoms with van der Waals surface area (Å²) < 4.78 is 25.9. The van der Waals surface area contributed by atoms with Crippen molar-refractivity contribution in [2.24, 2.45) is 5.73 Å². The molecule has 1 heterocycles. The molecule has 6 nitrogen and oxygen atoms in total. The first kappa shape index (κ1) is 17.9. The molecule has 1 aromatic carbocycles. The van der Waals surface area contributed by atoms with E-state index < -0.39 is 10.0 Å². The summed E-state index contributed by atoms with van der Waals surface area (Å²) in [5.74, 6) is -0.00629. The molecule has 0 aromatic heterocycles. The molecule has 21 heavy (non-hydrogen) atoms. The van der Waals surface area contributed by atoms with Crippen LogP contribution in [-0.2, 0) is 21.2 Å². The Hall–Kier alpha value is -1.15. The number of amides is 1. The number of rotatable bonds is 5. The number of anilines is 1. The first-order valence-electron chi connectivity index (χ1n) is 6.56. The van der Waals surface area contributed by atoms with Gasteiger partial charge in [0.15, 0.2) is 0 Å². The van der Waals surface area contributed by atoms with Crippen LogP contribution in [0.3, 0.4) is 0 Å². The largest absolute Gasteiger partial charge is 0.330 e. The van der Waals surface area contributed by atoms with Gasteiger partial charge in [-0.25, -0.2) is 13.1 Å². The van der Waals surface area contributed by atoms with Crippen molar-refractivity contribution in [1.82, 2.24) is 4.72 Å². The van der Waals surface area contributed by atoms with Crippen molar-refractivity contribution in [3.8, 4) is 0 Å². The molecule has 1 aromatic rings. The Labute approximate surface area is 131 Å². The summed E-state index contributed by atoms with van der Waals surface area (Å²) in [6, 6.07) is 4.91. The maximum absolute atomic E-state index is 12.1. The molecular weight excluding hydrogens is 314 g/mol. The van der Waals surface area contributed by atoms with Gasteiger partial charge in [0.05, 0.1) is 4.90 Å². The van der Waals surface area contributed by atoms with Gasteiger partial charge >= 0.3 is 0 Å². The number of benzene rings is 1. The summed E-state index contributed by atoms with van der Waals surface area (Å²) in [7, 11) is -2.13. The number of sulfonamides is 1. The summed E-state index contributed by atoms with van der Waals surface area (Å²) in [6.07, 6.45) is 1.78. The zero-order valence-electron chi connectivity index (χ0n) is 11.8. The van der Waals surface area contributed by atoms with Gasteiger partial charge in [0.1, 0.15) is 0 Å². The third kappa shape index (κ3) is 3.74. The van der Waals surface area contributed by atoms with Crippen LogP contribution in [0.2, 0.25) is 0 Å². The van der Waals surface area contributed by atoms with Crippen LogP contribution in [0.4, 0.5) is 5.69 Å². The topological polar surface area (TPSA) is 92.5 Å². The van der Waals surface area contributed by atoms with Gasteiger partial charge in [-0.1, -0.05) is 6.07 Å². The maximum atomic E-state index is 12.1. The van der Waals surface area contributed by atoms with Gasteiger partial charge in [-0.3, -0.25) is 4.79 Å². The number of carbonyl (C=O) groups is 1. The van der Waals surface area contributed by atoms with Crippen LogP contribution in [0.25, 0.3) is 0 Å². The molecule has 0 aliphatic carbocycles. The molecule has 1 amide bonds. The van der Waals surface area contributed by atoms with E-state index in [4.69, 9.17) is 5.73 Å². The maximum Gasteiger partial charge on any atom is 0.240 e. The van der Waals surface area contributed by atoms with Crippen molar-refractivity contribution in [3.63, 3.8) is 0 Å². The summed E-state index contributed by atoms with van der Waals surface area (Å²) in [5.41, 5.74) is 7.11. The summed E-state index contributed by atoms with van der Waals surface area (Å²) in [4.78, 5) is 13.9. The van der Waals surface area contributed by atoms with Crippen LogP contribution in [0, 0.1) is 0 Å². The zero-order chi connectivity index (χ0) is 14.8. The smallest absolute Gasteiger partial charge is 0.240 e. The van der Waals surface area contributed by atoms with Gasteiger partial charge in [0.2, 0.25) is 15.9 Å². The minimum Gasteiger partial charge on any atom is -0.330 e. The van der Waals surface area contributed by atoms with Crippen molar-refractivity contribution in [2.75, 3.05) is 25.0 Å². The van der Waals surface area contributed by atoms with Crippen molar-refractivity contribution in [3.05, 3.63) is 23.8 Å². The first-order valence-corrected chi connectivity index (χ1v) is 8.05. The second kappa shape index (κ2) is 7.22. The van der Waals surface area contributed by atoms with Gasteiger partial charge in [0, 0.05) is 18.7 Å². The molecule has 2 rings (SSSR count). The number of fused-ring (bicyclic) bond motifs is 1. The lowest BCUT2D eigenvalue weighted by Crippen LogP contribution is -2.29. The fraction of sp³-hybridized carbons (Fsp3) is 0.462. The monoisotopic (exact) mass is 333 g/mol. The van der Waals surface area contributed by atoms with E-state index >= 15 is 0 Å². The lowest BCUT2D eigenvalue weighted by atomic mass is 10.2. The molecule has 0 fully saturated rings. The SMILES string of the molecule is CNS(=O)(=O)c1ccc2c(c1)N(C(=O)CCCN)CC2.Cl. The Balaban J connectivity index is 0.00000220. The Kier molecular flexibility index (Phi) is 6.15. The van der Waals surface area contributed by atoms with Crippen LogP contribution >= 0.6 is 12.4 Å². The minimum absolute atomic E-state index is 0. The normalized spacial score (nSPS) is 13.7. The molecule has 118 valence electrons. The lowest BCUT2D eigenvalue weighted by Gasteiger charge is -2.18. The van der Waals surface area contributed by atoms with Gasteiger partial charge < -0.3 is 10.6 Å². The fourth-order valence-electron chi connectivity index (χ4n) is 2.29. The quantitative estimate of drug-likeness (QED) is 0.827. The standard InChI is InChI=1S/C13H19N3O3S.ClH/c1-15-20(18,19)11-5-4-10-6-8-16(12(10)9-11)13(17)3-2-7-14;/h4-5,9,15H,2-3,6-8,14H2,1H3;1H. The van der Waals surface area contributed by atoms with Gasteiger partial charge in [-0.15, -0.1) is 12.4 Å². The first-order chi connectivity index (χ1) is 9.49. The molecule has 1 aliphatic rings. The van der Waals surface area contributed by atoms with Crippen molar-refractivity contribution >= 4 is 34.0 Å². The van der Waals surface area contributed by atoms with Gasteiger partial charge in [0.25, 0.3) is 0 Å². The van der Waals surface area contributed by atoms with E-state index in [1.807, 2.05) is 0 Å². The van der Waals surface area contributed by atoms with Crippen molar-refractivity contribution < 1.29 is 13.2 Å². The number of nitrogens with zero attached hydrogens (tertiary/aromatic N) is 1. The molecule has 1 aliphatic heterocycles. The van der Waals surface area contributed by atoms with Crippen LogP contribution in [0.1, 0.15) is 18.4 Å². The highest BCUT2D eigenvalue weighted by Gasteiger charge is 2.26. The summed E-state index contributed by atoms with van der Waals surface area (Å²) >= 11 is 0.